The van der Waals surface area contributed by atoms with Gasteiger partial charge in [0.05, 0.1) is 5.52 Å². The molecule has 0 aliphatic rings. The van der Waals surface area contributed by atoms with Crippen LogP contribution in [0.2, 0.25) is 5.02 Å². The molecule has 3 rings (SSSR count). The second kappa shape index (κ2) is 5.89. The zero-order valence-electron chi connectivity index (χ0n) is 11.1. The van der Waals surface area contributed by atoms with Gasteiger partial charge in [-0.05, 0) is 51.8 Å². The Morgan fingerprint density at radius 3 is 2.55 bits per heavy atom. The number of aromatic nitrogens is 1. The monoisotopic (exact) mass is 417 g/mol. The van der Waals surface area contributed by atoms with Gasteiger partial charge in [0.15, 0.2) is 0 Å². The maximum absolute atomic E-state index is 12.9. The van der Waals surface area contributed by atoms with E-state index < -0.39 is 10.0 Å². The molecule has 1 aromatic heterocycles. The Hall–Kier alpha value is -1.01. The lowest BCUT2D eigenvalue weighted by Gasteiger charge is -2.09. The van der Waals surface area contributed by atoms with Gasteiger partial charge in [-0.1, -0.05) is 23.7 Å². The highest BCUT2D eigenvalue weighted by Gasteiger charge is 2.23. The molecule has 1 heterocycles. The molecule has 3 nitrogen and oxygen atoms in total. The fourth-order valence-corrected chi connectivity index (χ4v) is 5.05. The Morgan fingerprint density at radius 1 is 1.14 bits per heavy atom. The molecule has 0 saturated heterocycles. The van der Waals surface area contributed by atoms with E-state index in [0.29, 0.717) is 15.0 Å². The standard InChI is InChI=1S/C15H10BrCl2NO2S/c16-13-3-1-2-4-15(13)22(20,21)19-9-10(8-17)12-7-11(18)5-6-14(12)19/h1-7,9H,8H2. The van der Waals surface area contributed by atoms with Crippen molar-refractivity contribution in [1.29, 1.82) is 0 Å². The topological polar surface area (TPSA) is 39.1 Å². The molecule has 22 heavy (non-hydrogen) atoms. The molecule has 3 aromatic rings. The highest BCUT2D eigenvalue weighted by atomic mass is 79.9. The molecule has 0 aliphatic carbocycles. The summed E-state index contributed by atoms with van der Waals surface area (Å²) in [7, 11) is -3.73. The van der Waals surface area contributed by atoms with Crippen LogP contribution in [0.15, 0.2) is 58.0 Å². The third-order valence-corrected chi connectivity index (χ3v) is 6.54. The van der Waals surface area contributed by atoms with Gasteiger partial charge in [0, 0.05) is 27.0 Å². The van der Waals surface area contributed by atoms with Gasteiger partial charge in [-0.2, -0.15) is 0 Å². The molecule has 0 N–H and O–H groups in total. The van der Waals surface area contributed by atoms with Crippen LogP contribution in [0.4, 0.5) is 0 Å². The van der Waals surface area contributed by atoms with E-state index >= 15 is 0 Å². The van der Waals surface area contributed by atoms with Crippen molar-refractivity contribution in [3.63, 3.8) is 0 Å². The maximum Gasteiger partial charge on any atom is 0.269 e. The number of fused-ring (bicyclic) bond motifs is 1. The average molecular weight is 419 g/mol. The largest absolute Gasteiger partial charge is 0.269 e. The Bertz CT molecular complexity index is 967. The molecule has 0 saturated carbocycles. The van der Waals surface area contributed by atoms with Crippen LogP contribution in [0.5, 0.6) is 0 Å². The summed E-state index contributed by atoms with van der Waals surface area (Å²) in [5.41, 5.74) is 1.27. The lowest BCUT2D eigenvalue weighted by atomic mass is 10.2. The Balaban J connectivity index is 2.33. The lowest BCUT2D eigenvalue weighted by Crippen LogP contribution is -2.12. The summed E-state index contributed by atoms with van der Waals surface area (Å²) >= 11 is 15.2. The Morgan fingerprint density at radius 2 is 1.86 bits per heavy atom. The molecule has 0 radical (unpaired) electrons. The summed E-state index contributed by atoms with van der Waals surface area (Å²) in [6.45, 7) is 0. The van der Waals surface area contributed by atoms with Gasteiger partial charge in [-0.15, -0.1) is 11.6 Å². The fourth-order valence-electron chi connectivity index (χ4n) is 2.30. The van der Waals surface area contributed by atoms with Gasteiger partial charge >= 0.3 is 0 Å². The number of alkyl halides is 1. The van der Waals surface area contributed by atoms with Crippen LogP contribution < -0.4 is 0 Å². The van der Waals surface area contributed by atoms with E-state index in [4.69, 9.17) is 23.2 Å². The van der Waals surface area contributed by atoms with E-state index in [1.165, 1.54) is 3.97 Å². The van der Waals surface area contributed by atoms with Crippen molar-refractivity contribution in [1.82, 2.24) is 3.97 Å². The number of nitrogens with zero attached hydrogens (tertiary/aromatic N) is 1. The van der Waals surface area contributed by atoms with E-state index in [-0.39, 0.29) is 10.8 Å². The van der Waals surface area contributed by atoms with Crippen molar-refractivity contribution < 1.29 is 8.42 Å². The Kier molecular flexibility index (Phi) is 4.25. The van der Waals surface area contributed by atoms with Crippen molar-refractivity contribution >= 4 is 60.1 Å². The lowest BCUT2D eigenvalue weighted by molar-refractivity contribution is 0.588. The third kappa shape index (κ3) is 2.56. The highest BCUT2D eigenvalue weighted by molar-refractivity contribution is 9.10. The first kappa shape index (κ1) is 15.9. The minimum atomic E-state index is -3.73. The predicted molar refractivity (Wildman–Crippen MR) is 93.2 cm³/mol. The van der Waals surface area contributed by atoms with E-state index in [1.807, 2.05) is 0 Å². The Labute approximate surface area is 146 Å². The number of hydrogen-bond donors (Lipinski definition) is 0. The van der Waals surface area contributed by atoms with Crippen molar-refractivity contribution in [2.24, 2.45) is 0 Å². The molecule has 7 heteroatoms. The SMILES string of the molecule is O=S(=O)(c1ccccc1Br)n1cc(CCl)c2cc(Cl)ccc21. The third-order valence-electron chi connectivity index (χ3n) is 3.33. The van der Waals surface area contributed by atoms with Gasteiger partial charge in [0.1, 0.15) is 4.90 Å². The number of hydrogen-bond acceptors (Lipinski definition) is 2. The number of rotatable bonds is 3. The van der Waals surface area contributed by atoms with Crippen LogP contribution in [0.25, 0.3) is 10.9 Å². The second-order valence-electron chi connectivity index (χ2n) is 4.68. The van der Waals surface area contributed by atoms with Crippen molar-refractivity contribution in [3.05, 3.63) is 63.7 Å². The number of benzene rings is 2. The number of halogens is 3. The first-order chi connectivity index (χ1) is 10.4. The normalized spacial score (nSPS) is 12.0. The maximum atomic E-state index is 12.9. The molecule has 0 amide bonds. The molecule has 0 atom stereocenters. The summed E-state index contributed by atoms with van der Waals surface area (Å²) < 4.78 is 27.6. The van der Waals surface area contributed by atoms with E-state index in [9.17, 15) is 8.42 Å². The van der Waals surface area contributed by atoms with Crippen molar-refractivity contribution in [3.8, 4) is 0 Å². The summed E-state index contributed by atoms with van der Waals surface area (Å²) in [6.07, 6.45) is 1.54. The van der Waals surface area contributed by atoms with Gasteiger partial charge in [-0.3, -0.25) is 0 Å². The molecule has 2 aromatic carbocycles. The van der Waals surface area contributed by atoms with Crippen LogP contribution in [0.1, 0.15) is 5.56 Å². The van der Waals surface area contributed by atoms with Crippen molar-refractivity contribution in [2.45, 2.75) is 10.8 Å². The zero-order valence-corrected chi connectivity index (χ0v) is 15.0. The van der Waals surface area contributed by atoms with Crippen LogP contribution >= 0.6 is 39.1 Å². The van der Waals surface area contributed by atoms with Crippen LogP contribution in [0, 0.1) is 0 Å². The van der Waals surface area contributed by atoms with E-state index in [1.54, 1.807) is 48.7 Å². The van der Waals surface area contributed by atoms with Gasteiger partial charge in [-0.25, -0.2) is 12.4 Å². The summed E-state index contributed by atoms with van der Waals surface area (Å²) in [6, 6.07) is 11.8. The van der Waals surface area contributed by atoms with Gasteiger partial charge in [0.25, 0.3) is 10.0 Å². The summed E-state index contributed by atoms with van der Waals surface area (Å²) in [4.78, 5) is 0.197. The van der Waals surface area contributed by atoms with Crippen molar-refractivity contribution in [2.75, 3.05) is 0 Å². The average Bonchev–Trinajstić information content (AvgIpc) is 2.86. The van der Waals surface area contributed by atoms with E-state index in [2.05, 4.69) is 15.9 Å². The molecular weight excluding hydrogens is 409 g/mol. The first-order valence-corrected chi connectivity index (χ1v) is 9.45. The minimum absolute atomic E-state index is 0.197. The fraction of sp³-hybridized carbons (Fsp3) is 0.0667. The van der Waals surface area contributed by atoms with Crippen LogP contribution in [-0.4, -0.2) is 12.4 Å². The second-order valence-corrected chi connectivity index (χ2v) is 8.02. The summed E-state index contributed by atoms with van der Waals surface area (Å²) in [5.74, 6) is 0.204. The molecule has 0 bridgehead atoms. The molecule has 0 fully saturated rings. The molecule has 0 spiro atoms. The zero-order chi connectivity index (χ0) is 15.9. The molecular formula is C15H10BrCl2NO2S. The van der Waals surface area contributed by atoms with Crippen LogP contribution in [-0.2, 0) is 15.9 Å². The molecule has 0 aliphatic heterocycles. The predicted octanol–water partition coefficient (Wildman–Crippen LogP) is 5.03. The van der Waals surface area contributed by atoms with E-state index in [0.717, 1.165) is 10.9 Å². The van der Waals surface area contributed by atoms with Crippen LogP contribution in [0.3, 0.4) is 0 Å². The van der Waals surface area contributed by atoms with Gasteiger partial charge < -0.3 is 0 Å². The molecule has 0 unspecified atom stereocenters. The highest BCUT2D eigenvalue weighted by Crippen LogP contribution is 2.31. The quantitative estimate of drug-likeness (QED) is 0.559. The smallest absolute Gasteiger partial charge is 0.241 e. The van der Waals surface area contributed by atoms with Gasteiger partial charge in [0.2, 0.25) is 0 Å². The summed E-state index contributed by atoms with van der Waals surface area (Å²) in [5, 5.41) is 1.27. The molecule has 114 valence electrons. The minimum Gasteiger partial charge on any atom is -0.241 e. The first-order valence-electron chi connectivity index (χ1n) is 6.30.